The zero-order valence-corrected chi connectivity index (χ0v) is 9.88. The molecule has 3 rings (SSSR count). The maximum Gasteiger partial charge on any atom is 0.352 e. The summed E-state index contributed by atoms with van der Waals surface area (Å²) in [6.45, 7) is 1.78. The summed E-state index contributed by atoms with van der Waals surface area (Å²) in [4.78, 5) is 14.2. The number of rotatable bonds is 1. The minimum Gasteiger partial charge on any atom is -0.477 e. The monoisotopic (exact) mass is 234 g/mol. The SMILES string of the molecule is O=C(O)c1cc2c([nH]1)C1(CCCCC1)CNC2. The van der Waals surface area contributed by atoms with Crippen LogP contribution in [0.2, 0.25) is 0 Å². The van der Waals surface area contributed by atoms with E-state index in [1.807, 2.05) is 0 Å². The van der Waals surface area contributed by atoms with Gasteiger partial charge in [-0.25, -0.2) is 4.79 Å². The number of carboxylic acids is 1. The fraction of sp³-hybridized carbons (Fsp3) is 0.615. The molecule has 2 heterocycles. The number of hydrogen-bond acceptors (Lipinski definition) is 2. The molecule has 2 aliphatic rings. The molecule has 0 radical (unpaired) electrons. The lowest BCUT2D eigenvalue weighted by molar-refractivity contribution is 0.0690. The van der Waals surface area contributed by atoms with Crippen LogP contribution in [0.3, 0.4) is 0 Å². The van der Waals surface area contributed by atoms with Crippen LogP contribution >= 0.6 is 0 Å². The molecule has 0 saturated heterocycles. The van der Waals surface area contributed by atoms with Crippen LogP contribution in [-0.4, -0.2) is 22.6 Å². The molecule has 92 valence electrons. The summed E-state index contributed by atoms with van der Waals surface area (Å²) in [5.74, 6) is -0.856. The second-order valence-electron chi connectivity index (χ2n) is 5.33. The number of aromatic amines is 1. The third kappa shape index (κ3) is 1.67. The molecule has 1 aromatic rings. The lowest BCUT2D eigenvalue weighted by atomic mass is 9.69. The van der Waals surface area contributed by atoms with E-state index in [4.69, 9.17) is 5.11 Å². The third-order valence-corrected chi connectivity index (χ3v) is 4.25. The Kier molecular flexibility index (Phi) is 2.47. The van der Waals surface area contributed by atoms with Gasteiger partial charge in [0.1, 0.15) is 5.69 Å². The molecule has 1 spiro atoms. The molecule has 4 heteroatoms. The van der Waals surface area contributed by atoms with Crippen LogP contribution < -0.4 is 5.32 Å². The molecule has 0 aromatic carbocycles. The van der Waals surface area contributed by atoms with E-state index >= 15 is 0 Å². The van der Waals surface area contributed by atoms with E-state index in [2.05, 4.69) is 10.3 Å². The average molecular weight is 234 g/mol. The largest absolute Gasteiger partial charge is 0.477 e. The van der Waals surface area contributed by atoms with Crippen LogP contribution in [0.1, 0.15) is 53.8 Å². The van der Waals surface area contributed by atoms with Crippen LogP contribution in [0, 0.1) is 0 Å². The van der Waals surface area contributed by atoms with Crippen molar-refractivity contribution < 1.29 is 9.90 Å². The predicted octanol–water partition coefficient (Wildman–Crippen LogP) is 2.02. The fourth-order valence-electron chi connectivity index (χ4n) is 3.41. The van der Waals surface area contributed by atoms with Crippen molar-refractivity contribution in [1.82, 2.24) is 10.3 Å². The van der Waals surface area contributed by atoms with Gasteiger partial charge in [-0.3, -0.25) is 0 Å². The highest BCUT2D eigenvalue weighted by Crippen LogP contribution is 2.42. The van der Waals surface area contributed by atoms with Gasteiger partial charge in [0.05, 0.1) is 0 Å². The van der Waals surface area contributed by atoms with Crippen LogP contribution in [-0.2, 0) is 12.0 Å². The van der Waals surface area contributed by atoms with Gasteiger partial charge in [0.2, 0.25) is 0 Å². The number of nitrogens with one attached hydrogen (secondary N) is 2. The van der Waals surface area contributed by atoms with Gasteiger partial charge in [-0.15, -0.1) is 0 Å². The fourth-order valence-corrected chi connectivity index (χ4v) is 3.41. The molecule has 0 unspecified atom stereocenters. The molecule has 1 aliphatic carbocycles. The maximum absolute atomic E-state index is 11.0. The van der Waals surface area contributed by atoms with Crippen molar-refractivity contribution in [3.8, 4) is 0 Å². The summed E-state index contributed by atoms with van der Waals surface area (Å²) in [7, 11) is 0. The predicted molar refractivity (Wildman–Crippen MR) is 64.2 cm³/mol. The smallest absolute Gasteiger partial charge is 0.352 e. The molecule has 1 aliphatic heterocycles. The van der Waals surface area contributed by atoms with Crippen molar-refractivity contribution in [2.75, 3.05) is 6.54 Å². The normalized spacial score (nSPS) is 22.4. The third-order valence-electron chi connectivity index (χ3n) is 4.25. The Labute approximate surface area is 100 Å². The van der Waals surface area contributed by atoms with Gasteiger partial charge in [-0.05, 0) is 24.5 Å². The number of carbonyl (C=O) groups is 1. The van der Waals surface area contributed by atoms with Gasteiger partial charge in [0.25, 0.3) is 0 Å². The standard InChI is InChI=1S/C13H18N2O2/c16-12(17)10-6-9-7-14-8-13(11(9)15-10)4-2-1-3-5-13/h6,14-15H,1-5,7-8H2,(H,16,17). The number of hydrogen-bond donors (Lipinski definition) is 3. The maximum atomic E-state index is 11.0. The first-order valence-electron chi connectivity index (χ1n) is 6.38. The molecule has 0 bridgehead atoms. The molecule has 1 saturated carbocycles. The first kappa shape index (κ1) is 10.8. The van der Waals surface area contributed by atoms with Gasteiger partial charge in [0, 0.05) is 24.2 Å². The number of H-pyrrole nitrogens is 1. The Morgan fingerprint density at radius 2 is 2.06 bits per heavy atom. The van der Waals surface area contributed by atoms with E-state index in [0.717, 1.165) is 18.7 Å². The second-order valence-corrected chi connectivity index (χ2v) is 5.33. The zero-order valence-electron chi connectivity index (χ0n) is 9.88. The molecule has 0 amide bonds. The van der Waals surface area contributed by atoms with E-state index in [1.165, 1.54) is 37.8 Å². The Morgan fingerprint density at radius 3 is 2.76 bits per heavy atom. The summed E-state index contributed by atoms with van der Waals surface area (Å²) in [5.41, 5.74) is 2.84. The van der Waals surface area contributed by atoms with E-state index < -0.39 is 5.97 Å². The number of carboxylic acid groups (broad SMARTS) is 1. The molecule has 1 aromatic heterocycles. The van der Waals surface area contributed by atoms with Crippen LogP contribution in [0.25, 0.3) is 0 Å². The lowest BCUT2D eigenvalue weighted by Gasteiger charge is -2.40. The van der Waals surface area contributed by atoms with Gasteiger partial charge in [0.15, 0.2) is 0 Å². The summed E-state index contributed by atoms with van der Waals surface area (Å²) in [6, 6.07) is 1.79. The second kappa shape index (κ2) is 3.88. The highest BCUT2D eigenvalue weighted by Gasteiger charge is 2.39. The van der Waals surface area contributed by atoms with Gasteiger partial charge >= 0.3 is 5.97 Å². The first-order valence-corrected chi connectivity index (χ1v) is 6.38. The summed E-state index contributed by atoms with van der Waals surface area (Å²) >= 11 is 0. The van der Waals surface area contributed by atoms with Crippen LogP contribution in [0.4, 0.5) is 0 Å². The Morgan fingerprint density at radius 1 is 1.29 bits per heavy atom. The van der Waals surface area contributed by atoms with Crippen molar-refractivity contribution in [3.05, 3.63) is 23.0 Å². The molecule has 3 N–H and O–H groups in total. The van der Waals surface area contributed by atoms with Gasteiger partial charge in [-0.2, -0.15) is 0 Å². The quantitative estimate of drug-likeness (QED) is 0.696. The Hall–Kier alpha value is -1.29. The van der Waals surface area contributed by atoms with E-state index in [-0.39, 0.29) is 5.41 Å². The molecule has 4 nitrogen and oxygen atoms in total. The molecule has 1 fully saturated rings. The molecular weight excluding hydrogens is 216 g/mol. The van der Waals surface area contributed by atoms with Crippen LogP contribution in [0.5, 0.6) is 0 Å². The highest BCUT2D eigenvalue weighted by atomic mass is 16.4. The first-order chi connectivity index (χ1) is 8.21. The molecule has 0 atom stereocenters. The molecular formula is C13H18N2O2. The minimum absolute atomic E-state index is 0.166. The van der Waals surface area contributed by atoms with E-state index in [0.29, 0.717) is 5.69 Å². The van der Waals surface area contributed by atoms with E-state index in [9.17, 15) is 4.79 Å². The lowest BCUT2D eigenvalue weighted by Crippen LogP contribution is -2.44. The Balaban J connectivity index is 2.03. The van der Waals surface area contributed by atoms with Crippen molar-refractivity contribution in [2.45, 2.75) is 44.1 Å². The number of fused-ring (bicyclic) bond motifs is 2. The van der Waals surface area contributed by atoms with Crippen LogP contribution in [0.15, 0.2) is 6.07 Å². The zero-order chi connectivity index (χ0) is 11.9. The van der Waals surface area contributed by atoms with E-state index in [1.54, 1.807) is 6.07 Å². The topological polar surface area (TPSA) is 65.1 Å². The number of aromatic carboxylic acids is 1. The van der Waals surface area contributed by atoms with Gasteiger partial charge < -0.3 is 15.4 Å². The summed E-state index contributed by atoms with van der Waals surface area (Å²) in [5, 5.41) is 12.5. The Bertz CT molecular complexity index is 444. The minimum atomic E-state index is -0.856. The molecule has 17 heavy (non-hydrogen) atoms. The van der Waals surface area contributed by atoms with Crippen molar-refractivity contribution >= 4 is 5.97 Å². The average Bonchev–Trinajstić information content (AvgIpc) is 2.76. The highest BCUT2D eigenvalue weighted by molar-refractivity contribution is 5.86. The number of aromatic nitrogens is 1. The summed E-state index contributed by atoms with van der Waals surface area (Å²) < 4.78 is 0. The van der Waals surface area contributed by atoms with Gasteiger partial charge in [-0.1, -0.05) is 19.3 Å². The van der Waals surface area contributed by atoms with Crippen molar-refractivity contribution in [2.24, 2.45) is 0 Å². The van der Waals surface area contributed by atoms with Crippen molar-refractivity contribution in [3.63, 3.8) is 0 Å². The van der Waals surface area contributed by atoms with Crippen molar-refractivity contribution in [1.29, 1.82) is 0 Å². The summed E-state index contributed by atoms with van der Waals surface area (Å²) in [6.07, 6.45) is 6.16.